The Hall–Kier alpha value is -3.59. The Bertz CT molecular complexity index is 1100. The van der Waals surface area contributed by atoms with Crippen molar-refractivity contribution in [3.05, 3.63) is 54.1 Å². The Balaban J connectivity index is 1.31. The van der Waals surface area contributed by atoms with Crippen molar-refractivity contribution < 1.29 is 19.1 Å². The molecule has 2 aliphatic rings. The first kappa shape index (κ1) is 26.5. The number of amides is 3. The number of nitrogens with zero attached hydrogens (tertiary/aromatic N) is 3. The first-order chi connectivity index (χ1) is 17.8. The van der Waals surface area contributed by atoms with Crippen LogP contribution in [0.5, 0.6) is 5.75 Å². The van der Waals surface area contributed by atoms with E-state index in [4.69, 9.17) is 4.74 Å². The third-order valence-electron chi connectivity index (χ3n) is 7.04. The number of hydrogen-bond acceptors (Lipinski definition) is 6. The normalized spacial score (nSPS) is 18.5. The molecular weight excluding hydrogens is 470 g/mol. The number of anilines is 2. The van der Waals surface area contributed by atoms with Crippen LogP contribution in [0, 0.1) is 0 Å². The Kier molecular flexibility index (Phi) is 8.66. The van der Waals surface area contributed by atoms with Gasteiger partial charge in [0.2, 0.25) is 17.7 Å². The van der Waals surface area contributed by atoms with E-state index in [0.717, 1.165) is 37.6 Å². The highest BCUT2D eigenvalue weighted by Gasteiger charge is 2.35. The summed E-state index contributed by atoms with van der Waals surface area (Å²) >= 11 is 0. The maximum absolute atomic E-state index is 13.2. The molecule has 0 saturated carbocycles. The van der Waals surface area contributed by atoms with Crippen molar-refractivity contribution in [2.75, 3.05) is 63.1 Å². The van der Waals surface area contributed by atoms with Crippen molar-refractivity contribution in [2.45, 2.75) is 32.2 Å². The molecule has 0 aromatic heterocycles. The molecule has 2 N–H and O–H groups in total. The topological polar surface area (TPSA) is 94.2 Å². The van der Waals surface area contributed by atoms with E-state index >= 15 is 0 Å². The number of rotatable bonds is 8. The van der Waals surface area contributed by atoms with Crippen LogP contribution in [0.15, 0.2) is 48.5 Å². The molecule has 9 heteroatoms. The Morgan fingerprint density at radius 1 is 1.05 bits per heavy atom. The first-order valence-corrected chi connectivity index (χ1v) is 12.9. The van der Waals surface area contributed by atoms with Gasteiger partial charge in [-0.25, -0.2) is 0 Å². The molecule has 2 aromatic rings. The predicted octanol–water partition coefficient (Wildman–Crippen LogP) is 2.30. The minimum absolute atomic E-state index is 0.0763. The Labute approximate surface area is 218 Å². The minimum atomic E-state index is -0.811. The molecule has 2 heterocycles. The van der Waals surface area contributed by atoms with Crippen molar-refractivity contribution in [3.8, 4) is 5.75 Å². The number of carbonyl (C=O) groups excluding carboxylic acids is 3. The van der Waals surface area contributed by atoms with Gasteiger partial charge in [0, 0.05) is 56.7 Å². The van der Waals surface area contributed by atoms with Crippen molar-refractivity contribution in [2.24, 2.45) is 0 Å². The Morgan fingerprint density at radius 3 is 2.46 bits per heavy atom. The number of hydrogen-bond donors (Lipinski definition) is 2. The van der Waals surface area contributed by atoms with Crippen molar-refractivity contribution in [1.29, 1.82) is 0 Å². The number of carbonyl (C=O) groups is 3. The lowest BCUT2D eigenvalue weighted by Crippen LogP contribution is -2.60. The molecule has 0 radical (unpaired) electrons. The van der Waals surface area contributed by atoms with E-state index in [-0.39, 0.29) is 30.7 Å². The smallest absolute Gasteiger partial charge is 0.243 e. The van der Waals surface area contributed by atoms with Gasteiger partial charge in [-0.15, -0.1) is 0 Å². The number of benzene rings is 2. The number of piperazine rings is 2. The monoisotopic (exact) mass is 507 g/mol. The zero-order valence-corrected chi connectivity index (χ0v) is 21.9. The SMILES string of the molecule is COc1cccc(N2CCN(CC(=O)N3CCNC(=O)[C@@H]3CC(=O)Nc3ccc(C(C)C)cc3)CC2)c1. The van der Waals surface area contributed by atoms with Crippen LogP contribution in [0.25, 0.3) is 0 Å². The summed E-state index contributed by atoms with van der Waals surface area (Å²) in [5.41, 5.74) is 2.96. The molecule has 2 aromatic carbocycles. The second-order valence-corrected chi connectivity index (χ2v) is 9.89. The fourth-order valence-corrected chi connectivity index (χ4v) is 4.81. The van der Waals surface area contributed by atoms with Gasteiger partial charge >= 0.3 is 0 Å². The lowest BCUT2D eigenvalue weighted by atomic mass is 10.0. The molecule has 1 atom stereocenters. The van der Waals surface area contributed by atoms with Gasteiger partial charge in [0.05, 0.1) is 20.1 Å². The van der Waals surface area contributed by atoms with Gasteiger partial charge < -0.3 is 25.2 Å². The van der Waals surface area contributed by atoms with Crippen molar-refractivity contribution in [3.63, 3.8) is 0 Å². The summed E-state index contributed by atoms with van der Waals surface area (Å²) in [4.78, 5) is 44.6. The summed E-state index contributed by atoms with van der Waals surface area (Å²) in [6.45, 7) is 8.31. The molecule has 2 aliphatic heterocycles. The van der Waals surface area contributed by atoms with Crippen LogP contribution in [0.1, 0.15) is 31.7 Å². The lowest BCUT2D eigenvalue weighted by molar-refractivity contribution is -0.145. The molecule has 2 fully saturated rings. The molecule has 9 nitrogen and oxygen atoms in total. The summed E-state index contributed by atoms with van der Waals surface area (Å²) < 4.78 is 5.33. The van der Waals surface area contributed by atoms with Crippen LogP contribution in [0.2, 0.25) is 0 Å². The summed E-state index contributed by atoms with van der Waals surface area (Å²) in [7, 11) is 1.66. The molecular formula is C28H37N5O4. The molecule has 37 heavy (non-hydrogen) atoms. The van der Waals surface area contributed by atoms with E-state index in [2.05, 4.69) is 40.3 Å². The summed E-state index contributed by atoms with van der Waals surface area (Å²) in [5, 5.41) is 5.66. The zero-order valence-electron chi connectivity index (χ0n) is 21.9. The van der Waals surface area contributed by atoms with Gasteiger partial charge in [-0.2, -0.15) is 0 Å². The second-order valence-electron chi connectivity index (χ2n) is 9.89. The molecule has 0 spiro atoms. The molecule has 4 rings (SSSR count). The Morgan fingerprint density at radius 2 is 1.78 bits per heavy atom. The maximum atomic E-state index is 13.2. The van der Waals surface area contributed by atoms with Crippen LogP contribution in [0.3, 0.4) is 0 Å². The number of nitrogens with one attached hydrogen (secondary N) is 2. The fraction of sp³-hybridized carbons (Fsp3) is 0.464. The predicted molar refractivity (Wildman–Crippen MR) is 144 cm³/mol. The van der Waals surface area contributed by atoms with Gasteiger partial charge in [0.15, 0.2) is 0 Å². The van der Waals surface area contributed by atoms with Crippen LogP contribution in [-0.4, -0.2) is 86.5 Å². The standard InChI is InChI=1S/C28H37N5O4/c1-20(2)21-7-9-22(10-8-21)30-26(34)18-25-28(36)29-11-12-33(25)27(35)19-31-13-15-32(16-14-31)23-5-4-6-24(17-23)37-3/h4-10,17,20,25H,11-16,18-19H2,1-3H3,(H,29,36)(H,30,34)/t25-/m0/s1. The molecule has 3 amide bonds. The zero-order chi connectivity index (χ0) is 26.4. The van der Waals surface area contributed by atoms with Crippen molar-refractivity contribution in [1.82, 2.24) is 15.1 Å². The first-order valence-electron chi connectivity index (χ1n) is 12.9. The van der Waals surface area contributed by atoms with E-state index in [1.807, 2.05) is 42.5 Å². The highest BCUT2D eigenvalue weighted by Crippen LogP contribution is 2.22. The van der Waals surface area contributed by atoms with E-state index in [9.17, 15) is 14.4 Å². The molecule has 0 bridgehead atoms. The van der Waals surface area contributed by atoms with Crippen LogP contribution >= 0.6 is 0 Å². The number of methoxy groups -OCH3 is 1. The summed E-state index contributed by atoms with van der Waals surface area (Å²) in [5.74, 6) is 0.529. The molecule has 0 aliphatic carbocycles. The fourth-order valence-electron chi connectivity index (χ4n) is 4.81. The second kappa shape index (κ2) is 12.1. The van der Waals surface area contributed by atoms with Crippen LogP contribution in [-0.2, 0) is 14.4 Å². The largest absolute Gasteiger partial charge is 0.497 e. The average Bonchev–Trinajstić information content (AvgIpc) is 2.90. The third-order valence-corrected chi connectivity index (χ3v) is 7.04. The van der Waals surface area contributed by atoms with E-state index in [1.54, 1.807) is 12.0 Å². The summed E-state index contributed by atoms with van der Waals surface area (Å²) in [6, 6.07) is 14.9. The maximum Gasteiger partial charge on any atom is 0.243 e. The summed E-state index contributed by atoms with van der Waals surface area (Å²) in [6.07, 6.45) is -0.0763. The van der Waals surface area contributed by atoms with Gasteiger partial charge in [0.25, 0.3) is 0 Å². The molecule has 0 unspecified atom stereocenters. The van der Waals surface area contributed by atoms with E-state index in [1.165, 1.54) is 5.56 Å². The molecule has 198 valence electrons. The highest BCUT2D eigenvalue weighted by molar-refractivity contribution is 5.97. The van der Waals surface area contributed by atoms with Gasteiger partial charge in [-0.05, 0) is 35.7 Å². The van der Waals surface area contributed by atoms with Gasteiger partial charge in [-0.1, -0.05) is 32.0 Å². The van der Waals surface area contributed by atoms with E-state index in [0.29, 0.717) is 24.7 Å². The van der Waals surface area contributed by atoms with Crippen molar-refractivity contribution >= 4 is 29.1 Å². The van der Waals surface area contributed by atoms with Crippen LogP contribution < -0.4 is 20.3 Å². The highest BCUT2D eigenvalue weighted by atomic mass is 16.5. The average molecular weight is 508 g/mol. The number of ether oxygens (including phenoxy) is 1. The van der Waals surface area contributed by atoms with Crippen LogP contribution in [0.4, 0.5) is 11.4 Å². The van der Waals surface area contributed by atoms with Gasteiger partial charge in [0.1, 0.15) is 11.8 Å². The quantitative estimate of drug-likeness (QED) is 0.570. The third kappa shape index (κ3) is 6.80. The van der Waals surface area contributed by atoms with Gasteiger partial charge in [-0.3, -0.25) is 19.3 Å². The molecule has 2 saturated heterocycles. The minimum Gasteiger partial charge on any atom is -0.497 e. The lowest BCUT2D eigenvalue weighted by Gasteiger charge is -2.39. The van der Waals surface area contributed by atoms with E-state index < -0.39 is 6.04 Å².